The van der Waals surface area contributed by atoms with Crippen molar-refractivity contribution in [3.05, 3.63) is 65.0 Å². The summed E-state index contributed by atoms with van der Waals surface area (Å²) < 4.78 is 12.6. The molecule has 1 aromatic heterocycles. The van der Waals surface area contributed by atoms with E-state index in [9.17, 15) is 4.79 Å². The molecule has 0 saturated heterocycles. The summed E-state index contributed by atoms with van der Waals surface area (Å²) in [6.45, 7) is 4.52. The van der Waals surface area contributed by atoms with Crippen LogP contribution in [0.15, 0.2) is 47.6 Å². The Balaban J connectivity index is 1.63. The molecule has 0 bridgehead atoms. The highest BCUT2D eigenvalue weighted by atomic mass is 32.2. The second kappa shape index (κ2) is 9.47. The summed E-state index contributed by atoms with van der Waals surface area (Å²) in [6.07, 6.45) is 0.808. The average molecular weight is 413 g/mol. The third-order valence-electron chi connectivity index (χ3n) is 4.45. The quantitative estimate of drug-likeness (QED) is 0.324. The second-order valence-corrected chi connectivity index (χ2v) is 7.70. The molecule has 29 heavy (non-hydrogen) atoms. The first-order valence-corrected chi connectivity index (χ1v) is 10.2. The van der Waals surface area contributed by atoms with Gasteiger partial charge in [0.2, 0.25) is 5.16 Å². The van der Waals surface area contributed by atoms with Crippen LogP contribution in [-0.2, 0) is 12.4 Å². The van der Waals surface area contributed by atoms with Crippen molar-refractivity contribution >= 4 is 18.0 Å². The van der Waals surface area contributed by atoms with E-state index in [1.807, 2.05) is 12.1 Å². The number of methoxy groups -OCH3 is 1. The maximum atomic E-state index is 11.0. The number of carbonyl (C=O) groups is 1. The number of nitrogens with two attached hydrogens (primary N) is 1. The third kappa shape index (κ3) is 5.08. The van der Waals surface area contributed by atoms with Crippen molar-refractivity contribution in [2.24, 2.45) is 0 Å². The molecule has 0 radical (unpaired) electrons. The van der Waals surface area contributed by atoms with Gasteiger partial charge in [-0.05, 0) is 41.8 Å². The van der Waals surface area contributed by atoms with E-state index < -0.39 is 0 Å². The number of ether oxygens (including phenoxy) is 2. The Kier molecular flexibility index (Phi) is 6.77. The number of aldehydes is 1. The predicted molar refractivity (Wildman–Crippen MR) is 113 cm³/mol. The average Bonchev–Trinajstić information content (AvgIpc) is 3.10. The van der Waals surface area contributed by atoms with Crippen LogP contribution in [-0.4, -0.2) is 28.3 Å². The van der Waals surface area contributed by atoms with E-state index in [0.717, 1.165) is 17.6 Å². The first-order valence-electron chi connectivity index (χ1n) is 9.18. The first kappa shape index (κ1) is 20.7. The van der Waals surface area contributed by atoms with Gasteiger partial charge in [-0.15, -0.1) is 10.2 Å². The van der Waals surface area contributed by atoms with Crippen LogP contribution in [0.2, 0.25) is 0 Å². The highest BCUT2D eigenvalue weighted by molar-refractivity contribution is 7.98. The van der Waals surface area contributed by atoms with Gasteiger partial charge in [-0.3, -0.25) is 4.79 Å². The van der Waals surface area contributed by atoms with Gasteiger partial charge in [0.05, 0.1) is 7.11 Å². The standard InChI is InChI=1S/C21H24N4O3S/c1-14(2)16-5-7-18(8-6-16)28-12-20-23-24-21(25(20)22)29-13-17-10-15(11-26)4-9-19(17)27-3/h4-11,14H,12-13,22H2,1-3H3. The SMILES string of the molecule is COc1ccc(C=O)cc1CSc1nnc(COc2ccc(C(C)C)cc2)n1N. The molecule has 0 unspecified atom stereocenters. The minimum absolute atomic E-state index is 0.217. The normalized spacial score (nSPS) is 10.9. The van der Waals surface area contributed by atoms with E-state index in [1.165, 1.54) is 22.0 Å². The molecule has 152 valence electrons. The first-order chi connectivity index (χ1) is 14.0. The van der Waals surface area contributed by atoms with E-state index in [0.29, 0.717) is 34.0 Å². The lowest BCUT2D eigenvalue weighted by atomic mass is 10.0. The van der Waals surface area contributed by atoms with Crippen LogP contribution >= 0.6 is 11.8 Å². The van der Waals surface area contributed by atoms with Gasteiger partial charge in [-0.1, -0.05) is 37.7 Å². The van der Waals surface area contributed by atoms with E-state index in [4.69, 9.17) is 15.3 Å². The number of nitrogen functional groups attached to an aromatic ring is 1. The van der Waals surface area contributed by atoms with Crippen LogP contribution in [0.1, 0.15) is 47.1 Å². The van der Waals surface area contributed by atoms with Crippen molar-refractivity contribution in [3.63, 3.8) is 0 Å². The van der Waals surface area contributed by atoms with Crippen LogP contribution in [0.4, 0.5) is 0 Å². The van der Waals surface area contributed by atoms with Crippen LogP contribution in [0, 0.1) is 0 Å². The molecular formula is C21H24N4O3S. The zero-order valence-electron chi connectivity index (χ0n) is 16.7. The van der Waals surface area contributed by atoms with Crippen molar-refractivity contribution in [2.75, 3.05) is 13.0 Å². The minimum atomic E-state index is 0.217. The largest absolute Gasteiger partial charge is 0.496 e. The summed E-state index contributed by atoms with van der Waals surface area (Å²) in [5.74, 6) is 9.12. The van der Waals surface area contributed by atoms with Crippen molar-refractivity contribution < 1.29 is 14.3 Å². The molecule has 0 fully saturated rings. The number of thioether (sulfide) groups is 1. The molecule has 0 saturated carbocycles. The monoisotopic (exact) mass is 412 g/mol. The van der Waals surface area contributed by atoms with E-state index in [1.54, 1.807) is 25.3 Å². The molecule has 0 amide bonds. The van der Waals surface area contributed by atoms with Gasteiger partial charge >= 0.3 is 0 Å². The maximum Gasteiger partial charge on any atom is 0.210 e. The Morgan fingerprint density at radius 1 is 1.17 bits per heavy atom. The van der Waals surface area contributed by atoms with Gasteiger partial charge in [-0.25, -0.2) is 4.68 Å². The lowest BCUT2D eigenvalue weighted by Crippen LogP contribution is -2.15. The van der Waals surface area contributed by atoms with Crippen molar-refractivity contribution in [3.8, 4) is 11.5 Å². The van der Waals surface area contributed by atoms with E-state index in [-0.39, 0.29) is 6.61 Å². The van der Waals surface area contributed by atoms with Crippen molar-refractivity contribution in [2.45, 2.75) is 37.3 Å². The Hall–Kier alpha value is -3.00. The summed E-state index contributed by atoms with van der Waals surface area (Å²) >= 11 is 1.41. The summed E-state index contributed by atoms with van der Waals surface area (Å²) in [4.78, 5) is 11.0. The van der Waals surface area contributed by atoms with E-state index in [2.05, 4.69) is 36.2 Å². The second-order valence-electron chi connectivity index (χ2n) is 6.76. The van der Waals surface area contributed by atoms with Crippen LogP contribution in [0.5, 0.6) is 11.5 Å². The minimum Gasteiger partial charge on any atom is -0.496 e. The fourth-order valence-corrected chi connectivity index (χ4v) is 3.58. The topological polar surface area (TPSA) is 92.3 Å². The van der Waals surface area contributed by atoms with Gasteiger partial charge in [0.25, 0.3) is 0 Å². The Morgan fingerprint density at radius 3 is 2.59 bits per heavy atom. The number of hydrogen-bond acceptors (Lipinski definition) is 7. The number of hydrogen-bond donors (Lipinski definition) is 1. The molecule has 1 heterocycles. The zero-order chi connectivity index (χ0) is 20.8. The summed E-state index contributed by atoms with van der Waals surface area (Å²) in [5, 5.41) is 8.81. The van der Waals surface area contributed by atoms with Gasteiger partial charge in [0.15, 0.2) is 5.82 Å². The lowest BCUT2D eigenvalue weighted by Gasteiger charge is -2.10. The van der Waals surface area contributed by atoms with Crippen LogP contribution in [0.25, 0.3) is 0 Å². The Bertz CT molecular complexity index is 971. The molecule has 2 N–H and O–H groups in total. The summed E-state index contributed by atoms with van der Waals surface area (Å²) in [6, 6.07) is 13.3. The molecule has 0 spiro atoms. The molecule has 0 aliphatic heterocycles. The zero-order valence-corrected chi connectivity index (χ0v) is 17.5. The molecule has 0 aliphatic rings. The predicted octanol–water partition coefficient (Wildman–Crippen LogP) is 3.81. The van der Waals surface area contributed by atoms with E-state index >= 15 is 0 Å². The van der Waals surface area contributed by atoms with Crippen molar-refractivity contribution in [1.82, 2.24) is 14.9 Å². The summed E-state index contributed by atoms with van der Waals surface area (Å²) in [5.41, 5.74) is 2.73. The fraction of sp³-hybridized carbons (Fsp3) is 0.286. The molecule has 7 nitrogen and oxygen atoms in total. The van der Waals surface area contributed by atoms with Crippen LogP contribution in [0.3, 0.4) is 0 Å². The maximum absolute atomic E-state index is 11.0. The molecule has 2 aromatic carbocycles. The van der Waals surface area contributed by atoms with Crippen molar-refractivity contribution in [1.29, 1.82) is 0 Å². The highest BCUT2D eigenvalue weighted by Crippen LogP contribution is 2.27. The number of carbonyl (C=O) groups excluding carboxylic acids is 1. The molecule has 0 aliphatic carbocycles. The number of nitrogens with zero attached hydrogens (tertiary/aromatic N) is 3. The van der Waals surface area contributed by atoms with Gasteiger partial charge < -0.3 is 15.3 Å². The molecular weight excluding hydrogens is 388 g/mol. The third-order valence-corrected chi connectivity index (χ3v) is 5.44. The molecule has 3 aromatic rings. The number of aromatic nitrogens is 3. The fourth-order valence-electron chi connectivity index (χ4n) is 2.73. The van der Waals surface area contributed by atoms with Gasteiger partial charge in [0.1, 0.15) is 24.4 Å². The van der Waals surface area contributed by atoms with Gasteiger partial charge in [-0.2, -0.15) is 0 Å². The summed E-state index contributed by atoms with van der Waals surface area (Å²) in [7, 11) is 1.60. The molecule has 8 heteroatoms. The number of benzene rings is 2. The highest BCUT2D eigenvalue weighted by Gasteiger charge is 2.13. The van der Waals surface area contributed by atoms with Gasteiger partial charge in [0, 0.05) is 16.9 Å². The van der Waals surface area contributed by atoms with Crippen LogP contribution < -0.4 is 15.3 Å². The smallest absolute Gasteiger partial charge is 0.210 e. The molecule has 3 rings (SSSR count). The Morgan fingerprint density at radius 2 is 1.93 bits per heavy atom. The lowest BCUT2D eigenvalue weighted by molar-refractivity contribution is 0.112. The molecule has 0 atom stereocenters. The number of rotatable bonds is 9. The Labute approximate surface area is 174 Å².